The summed E-state index contributed by atoms with van der Waals surface area (Å²) in [7, 11) is 0. The number of carbonyl (C=O) groups excluding carboxylic acids is 1. The zero-order valence-corrected chi connectivity index (χ0v) is 11.9. The Bertz CT molecular complexity index is 605. The molecule has 3 heterocycles. The number of pyridine rings is 1. The largest absolute Gasteiger partial charge is 0.353 e. The predicted molar refractivity (Wildman–Crippen MR) is 75.8 cm³/mol. The quantitative estimate of drug-likeness (QED) is 0.825. The van der Waals surface area contributed by atoms with E-state index < -0.39 is 0 Å². The lowest BCUT2D eigenvalue weighted by Gasteiger charge is -2.35. The number of aryl methyl sites for hydroxylation is 1. The molecule has 0 radical (unpaired) electrons. The van der Waals surface area contributed by atoms with Crippen molar-refractivity contribution in [3.8, 4) is 0 Å². The van der Waals surface area contributed by atoms with Crippen LogP contribution < -0.4 is 4.90 Å². The maximum atomic E-state index is 12.2. The Balaban J connectivity index is 1.54. The highest BCUT2D eigenvalue weighted by Gasteiger charge is 2.22. The minimum absolute atomic E-state index is 0.0384. The average molecular weight is 287 g/mol. The van der Waals surface area contributed by atoms with Crippen LogP contribution >= 0.6 is 0 Å². The van der Waals surface area contributed by atoms with Gasteiger partial charge in [-0.05, 0) is 12.1 Å². The number of hydrogen-bond acceptors (Lipinski definition) is 6. The van der Waals surface area contributed by atoms with Crippen molar-refractivity contribution in [2.24, 2.45) is 0 Å². The Kier molecular flexibility index (Phi) is 3.81. The second-order valence-corrected chi connectivity index (χ2v) is 4.96. The van der Waals surface area contributed by atoms with Crippen LogP contribution in [0.15, 0.2) is 28.9 Å². The summed E-state index contributed by atoms with van der Waals surface area (Å²) in [5.41, 5.74) is 0. The monoisotopic (exact) mass is 287 g/mol. The Hall–Kier alpha value is -2.44. The van der Waals surface area contributed by atoms with Crippen LogP contribution in [0.5, 0.6) is 0 Å². The lowest BCUT2D eigenvalue weighted by molar-refractivity contribution is -0.130. The van der Waals surface area contributed by atoms with Gasteiger partial charge in [0.05, 0.1) is 6.42 Å². The maximum absolute atomic E-state index is 12.2. The molecule has 2 aromatic heterocycles. The number of piperazine rings is 1. The summed E-state index contributed by atoms with van der Waals surface area (Å²) in [5, 5.41) is 3.76. The smallest absolute Gasteiger partial charge is 0.230 e. The SMILES string of the molecule is Cc1nc(CC(=O)N2CCN(c3ccccn3)CC2)no1. The third kappa shape index (κ3) is 3.18. The maximum Gasteiger partial charge on any atom is 0.230 e. The van der Waals surface area contributed by atoms with E-state index in [1.54, 1.807) is 13.1 Å². The van der Waals surface area contributed by atoms with Crippen molar-refractivity contribution in [3.63, 3.8) is 0 Å². The van der Waals surface area contributed by atoms with Crippen molar-refractivity contribution in [3.05, 3.63) is 36.1 Å². The molecule has 1 amide bonds. The molecule has 0 N–H and O–H groups in total. The van der Waals surface area contributed by atoms with Gasteiger partial charge in [-0.25, -0.2) is 4.98 Å². The van der Waals surface area contributed by atoms with Crippen LogP contribution in [0.4, 0.5) is 5.82 Å². The molecular weight excluding hydrogens is 270 g/mol. The lowest BCUT2D eigenvalue weighted by atomic mass is 10.2. The number of anilines is 1. The van der Waals surface area contributed by atoms with Gasteiger partial charge in [-0.3, -0.25) is 4.79 Å². The molecular formula is C14H17N5O2. The third-order valence-corrected chi connectivity index (χ3v) is 3.48. The summed E-state index contributed by atoms with van der Waals surface area (Å²) in [6.45, 7) is 4.66. The van der Waals surface area contributed by atoms with Crippen LogP contribution in [0.1, 0.15) is 11.7 Å². The predicted octanol–water partition coefficient (Wildman–Crippen LogP) is 0.664. The van der Waals surface area contributed by atoms with Crippen LogP contribution in [0.2, 0.25) is 0 Å². The highest BCUT2D eigenvalue weighted by molar-refractivity contribution is 5.78. The first-order valence-corrected chi connectivity index (χ1v) is 6.95. The zero-order valence-electron chi connectivity index (χ0n) is 11.9. The molecule has 0 atom stereocenters. The first kappa shape index (κ1) is 13.5. The average Bonchev–Trinajstić information content (AvgIpc) is 2.93. The van der Waals surface area contributed by atoms with E-state index in [4.69, 9.17) is 4.52 Å². The summed E-state index contributed by atoms with van der Waals surface area (Å²) in [6, 6.07) is 5.86. The fourth-order valence-electron chi connectivity index (χ4n) is 2.39. The third-order valence-electron chi connectivity index (χ3n) is 3.48. The van der Waals surface area contributed by atoms with Crippen LogP contribution in [0.25, 0.3) is 0 Å². The number of rotatable bonds is 3. The van der Waals surface area contributed by atoms with E-state index in [0.717, 1.165) is 18.9 Å². The normalized spacial score (nSPS) is 15.3. The van der Waals surface area contributed by atoms with Crippen LogP contribution in [0.3, 0.4) is 0 Å². The summed E-state index contributed by atoms with van der Waals surface area (Å²) in [4.78, 5) is 24.6. The highest BCUT2D eigenvalue weighted by atomic mass is 16.5. The van der Waals surface area contributed by atoms with Crippen LogP contribution in [-0.2, 0) is 11.2 Å². The first-order valence-electron chi connectivity index (χ1n) is 6.95. The Morgan fingerprint density at radius 2 is 2.10 bits per heavy atom. The topological polar surface area (TPSA) is 75.4 Å². The molecule has 21 heavy (non-hydrogen) atoms. The van der Waals surface area contributed by atoms with Crippen molar-refractivity contribution in [2.75, 3.05) is 31.1 Å². The van der Waals surface area contributed by atoms with Gasteiger partial charge in [-0.2, -0.15) is 4.98 Å². The van der Waals surface area contributed by atoms with Gasteiger partial charge in [0, 0.05) is 39.3 Å². The second-order valence-electron chi connectivity index (χ2n) is 4.96. The highest BCUT2D eigenvalue weighted by Crippen LogP contribution is 2.13. The zero-order chi connectivity index (χ0) is 14.7. The molecule has 1 aliphatic heterocycles. The van der Waals surface area contributed by atoms with E-state index in [1.807, 2.05) is 23.1 Å². The van der Waals surface area contributed by atoms with Crippen molar-refractivity contribution in [1.82, 2.24) is 20.0 Å². The van der Waals surface area contributed by atoms with E-state index in [9.17, 15) is 4.79 Å². The minimum atomic E-state index is 0.0384. The van der Waals surface area contributed by atoms with Crippen LogP contribution in [-0.4, -0.2) is 52.1 Å². The van der Waals surface area contributed by atoms with Crippen molar-refractivity contribution in [2.45, 2.75) is 13.3 Å². The van der Waals surface area contributed by atoms with Crippen LogP contribution in [0, 0.1) is 6.92 Å². The van der Waals surface area contributed by atoms with E-state index in [1.165, 1.54) is 0 Å². The van der Waals surface area contributed by atoms with Gasteiger partial charge in [0.1, 0.15) is 5.82 Å². The van der Waals surface area contributed by atoms with Gasteiger partial charge < -0.3 is 14.3 Å². The van der Waals surface area contributed by atoms with Gasteiger partial charge in [0.15, 0.2) is 5.82 Å². The summed E-state index contributed by atoms with van der Waals surface area (Å²) in [5.74, 6) is 1.93. The molecule has 7 heteroatoms. The van der Waals surface area contributed by atoms with Crippen molar-refractivity contribution in [1.29, 1.82) is 0 Å². The lowest BCUT2D eigenvalue weighted by Crippen LogP contribution is -2.49. The Labute approximate surface area is 122 Å². The fourth-order valence-corrected chi connectivity index (χ4v) is 2.39. The molecule has 2 aromatic rings. The molecule has 0 unspecified atom stereocenters. The van der Waals surface area contributed by atoms with Gasteiger partial charge in [-0.1, -0.05) is 11.2 Å². The molecule has 0 aromatic carbocycles. The van der Waals surface area contributed by atoms with E-state index in [2.05, 4.69) is 20.0 Å². The summed E-state index contributed by atoms with van der Waals surface area (Å²) < 4.78 is 4.88. The number of aromatic nitrogens is 3. The summed E-state index contributed by atoms with van der Waals surface area (Å²) in [6.07, 6.45) is 1.98. The minimum Gasteiger partial charge on any atom is -0.353 e. The summed E-state index contributed by atoms with van der Waals surface area (Å²) >= 11 is 0. The number of carbonyl (C=O) groups is 1. The van der Waals surface area contributed by atoms with E-state index in [0.29, 0.717) is 24.8 Å². The van der Waals surface area contributed by atoms with E-state index >= 15 is 0 Å². The standard InChI is InChI=1S/C14H17N5O2/c1-11-16-12(17-21-11)10-14(20)19-8-6-18(7-9-19)13-4-2-3-5-15-13/h2-5H,6-10H2,1H3. The van der Waals surface area contributed by atoms with Crippen molar-refractivity contribution >= 4 is 11.7 Å². The molecule has 0 spiro atoms. The molecule has 1 saturated heterocycles. The van der Waals surface area contributed by atoms with Gasteiger partial charge in [-0.15, -0.1) is 0 Å². The fraction of sp³-hybridized carbons (Fsp3) is 0.429. The molecule has 1 fully saturated rings. The Morgan fingerprint density at radius 3 is 2.71 bits per heavy atom. The molecule has 0 saturated carbocycles. The number of hydrogen-bond donors (Lipinski definition) is 0. The van der Waals surface area contributed by atoms with Gasteiger partial charge >= 0.3 is 0 Å². The number of amides is 1. The van der Waals surface area contributed by atoms with E-state index in [-0.39, 0.29) is 12.3 Å². The molecule has 3 rings (SSSR count). The second kappa shape index (κ2) is 5.90. The van der Waals surface area contributed by atoms with Gasteiger partial charge in [0.25, 0.3) is 0 Å². The molecule has 1 aliphatic rings. The molecule has 7 nitrogen and oxygen atoms in total. The molecule has 0 bridgehead atoms. The number of nitrogens with zero attached hydrogens (tertiary/aromatic N) is 5. The molecule has 110 valence electrons. The van der Waals surface area contributed by atoms with Gasteiger partial charge in [0.2, 0.25) is 11.8 Å². The van der Waals surface area contributed by atoms with Crippen molar-refractivity contribution < 1.29 is 9.32 Å². The first-order chi connectivity index (χ1) is 10.2. The Morgan fingerprint density at radius 1 is 1.29 bits per heavy atom. The molecule has 0 aliphatic carbocycles.